The summed E-state index contributed by atoms with van der Waals surface area (Å²) in [5.41, 5.74) is 7.99. The Morgan fingerprint density at radius 1 is 0.635 bits per heavy atom. The lowest BCUT2D eigenvalue weighted by atomic mass is 9.96. The first-order valence-corrected chi connectivity index (χ1v) is 15.1. The third-order valence-corrected chi connectivity index (χ3v) is 7.60. The summed E-state index contributed by atoms with van der Waals surface area (Å²) in [7, 11) is 3.18. The molecule has 4 aromatic carbocycles. The molecule has 2 aromatic heterocycles. The molecule has 3 N–H and O–H groups in total. The van der Waals surface area contributed by atoms with Crippen molar-refractivity contribution in [1.29, 1.82) is 0 Å². The predicted molar refractivity (Wildman–Crippen MR) is 172 cm³/mol. The Morgan fingerprint density at radius 3 is 1.35 bits per heavy atom. The van der Waals surface area contributed by atoms with E-state index in [-0.39, 0.29) is 17.0 Å². The van der Waals surface area contributed by atoms with Gasteiger partial charge >= 0.3 is 18.3 Å². The first kappa shape index (κ1) is 36.8. The summed E-state index contributed by atoms with van der Waals surface area (Å²) in [4.78, 5) is 25.2. The van der Waals surface area contributed by atoms with Gasteiger partial charge in [-0.2, -0.15) is 35.9 Å². The number of alkyl halides is 6. The van der Waals surface area contributed by atoms with Crippen molar-refractivity contribution >= 4 is 11.9 Å². The highest BCUT2D eigenvalue weighted by Crippen LogP contribution is 2.32. The normalized spacial score (nSPS) is 11.5. The minimum atomic E-state index is -4.39. The number of carbonyl (C=O) groups excluding carboxylic acids is 1. The summed E-state index contributed by atoms with van der Waals surface area (Å²) in [6.07, 6.45) is -8.14. The van der Waals surface area contributed by atoms with Crippen LogP contribution in [-0.2, 0) is 39.3 Å². The maximum absolute atomic E-state index is 12.7. The topological polar surface area (TPSA) is 168 Å². The van der Waals surface area contributed by atoms with Crippen LogP contribution in [0.25, 0.3) is 22.8 Å². The number of nitrogens with zero attached hydrogens (tertiary/aromatic N) is 8. The van der Waals surface area contributed by atoms with Gasteiger partial charge in [-0.25, -0.2) is 4.79 Å². The van der Waals surface area contributed by atoms with E-state index < -0.39 is 35.4 Å². The third-order valence-electron chi connectivity index (χ3n) is 7.60. The van der Waals surface area contributed by atoms with Gasteiger partial charge in [0.25, 0.3) is 0 Å². The Kier molecular flexibility index (Phi) is 10.5. The van der Waals surface area contributed by atoms with Crippen molar-refractivity contribution in [3.63, 3.8) is 0 Å². The van der Waals surface area contributed by atoms with Gasteiger partial charge in [-0.05, 0) is 94.1 Å². The first-order valence-electron chi connectivity index (χ1n) is 15.1. The van der Waals surface area contributed by atoms with Gasteiger partial charge in [-0.15, -0.1) is 20.4 Å². The van der Waals surface area contributed by atoms with Crippen molar-refractivity contribution in [2.24, 2.45) is 19.8 Å². The molecular weight excluding hydrogens is 696 g/mol. The molecular formula is C34H27F6N9O3. The Labute approximate surface area is 290 Å². The van der Waals surface area contributed by atoms with Crippen molar-refractivity contribution in [3.05, 3.63) is 129 Å². The fourth-order valence-electron chi connectivity index (χ4n) is 5.01. The van der Waals surface area contributed by atoms with Crippen molar-refractivity contribution in [2.75, 3.05) is 0 Å². The summed E-state index contributed by atoms with van der Waals surface area (Å²) in [6.45, 7) is 0. The van der Waals surface area contributed by atoms with Crippen LogP contribution in [0.1, 0.15) is 54.1 Å². The number of hydrogen-bond donors (Lipinski definition) is 2. The highest BCUT2D eigenvalue weighted by molar-refractivity contribution is 5.94. The minimum Gasteiger partial charge on any atom is -0.478 e. The lowest BCUT2D eigenvalue weighted by Crippen LogP contribution is -2.11. The van der Waals surface area contributed by atoms with Crippen molar-refractivity contribution in [3.8, 4) is 22.8 Å². The summed E-state index contributed by atoms with van der Waals surface area (Å²) >= 11 is 0. The zero-order chi connectivity index (χ0) is 37.8. The number of rotatable bonds is 8. The van der Waals surface area contributed by atoms with Gasteiger partial charge in [0.15, 0.2) is 0 Å². The van der Waals surface area contributed by atoms with E-state index in [2.05, 4.69) is 30.8 Å². The molecule has 6 aromatic rings. The highest BCUT2D eigenvalue weighted by Gasteiger charge is 2.31. The molecule has 1 amide bonds. The molecule has 0 spiro atoms. The molecule has 0 aliphatic carbocycles. The van der Waals surface area contributed by atoms with Crippen LogP contribution < -0.4 is 5.73 Å². The van der Waals surface area contributed by atoms with Crippen LogP contribution >= 0.6 is 0 Å². The van der Waals surface area contributed by atoms with Crippen LogP contribution in [0.4, 0.5) is 26.3 Å². The average molecular weight is 724 g/mol. The number of nitrogens with two attached hydrogens (primary N) is 1. The van der Waals surface area contributed by atoms with Crippen molar-refractivity contribution < 1.29 is 41.0 Å². The zero-order valence-corrected chi connectivity index (χ0v) is 27.2. The number of halogens is 6. The molecule has 52 heavy (non-hydrogen) atoms. The van der Waals surface area contributed by atoms with Crippen LogP contribution in [0.3, 0.4) is 0 Å². The summed E-state index contributed by atoms with van der Waals surface area (Å²) in [6, 6.07) is 19.0. The van der Waals surface area contributed by atoms with E-state index in [1.54, 1.807) is 38.4 Å². The number of carboxylic acid groups (broad SMARTS) is 1. The van der Waals surface area contributed by atoms with Gasteiger partial charge < -0.3 is 10.8 Å². The summed E-state index contributed by atoms with van der Waals surface area (Å²) in [5, 5.41) is 32.7. The van der Waals surface area contributed by atoms with E-state index in [0.717, 1.165) is 29.8 Å². The van der Waals surface area contributed by atoms with Gasteiger partial charge in [0.2, 0.25) is 17.6 Å². The molecule has 0 bridgehead atoms. The van der Waals surface area contributed by atoms with Crippen LogP contribution in [0.5, 0.6) is 0 Å². The number of aryl methyl sites for hydroxylation is 2. The fourth-order valence-corrected chi connectivity index (χ4v) is 5.01. The molecule has 0 atom stereocenters. The van der Waals surface area contributed by atoms with E-state index in [4.69, 9.17) is 5.73 Å². The van der Waals surface area contributed by atoms with Crippen molar-refractivity contribution in [2.45, 2.75) is 25.2 Å². The van der Waals surface area contributed by atoms with E-state index in [1.165, 1.54) is 46.0 Å². The van der Waals surface area contributed by atoms with Crippen LogP contribution in [-0.4, -0.2) is 57.4 Å². The lowest BCUT2D eigenvalue weighted by molar-refractivity contribution is -0.138. The summed E-state index contributed by atoms with van der Waals surface area (Å²) in [5.74, 6) is -1.15. The maximum atomic E-state index is 12.7. The number of tetrazole rings is 2. The number of aromatic nitrogens is 8. The molecule has 18 heteroatoms. The van der Waals surface area contributed by atoms with Crippen LogP contribution in [0.2, 0.25) is 0 Å². The monoisotopic (exact) mass is 723 g/mol. The summed E-state index contributed by atoms with van der Waals surface area (Å²) < 4.78 is 76.1. The smallest absolute Gasteiger partial charge is 0.416 e. The molecule has 0 saturated heterocycles. The fraction of sp³-hybridized carbons (Fsp3) is 0.176. The average Bonchev–Trinajstić information content (AvgIpc) is 3.72. The van der Waals surface area contributed by atoms with Crippen LogP contribution in [0, 0.1) is 0 Å². The Morgan fingerprint density at radius 2 is 1.02 bits per heavy atom. The first-order chi connectivity index (χ1) is 24.5. The zero-order valence-electron chi connectivity index (χ0n) is 27.2. The highest BCUT2D eigenvalue weighted by atomic mass is 19.4. The number of amides is 1. The van der Waals surface area contributed by atoms with E-state index >= 15 is 0 Å². The van der Waals surface area contributed by atoms with Gasteiger partial charge in [0.1, 0.15) is 0 Å². The molecule has 0 radical (unpaired) electrons. The quantitative estimate of drug-likeness (QED) is 0.185. The van der Waals surface area contributed by atoms with Gasteiger partial charge in [-0.1, -0.05) is 36.4 Å². The molecule has 6 rings (SSSR count). The van der Waals surface area contributed by atoms with Gasteiger partial charge in [0, 0.05) is 16.7 Å². The molecule has 0 saturated carbocycles. The Hall–Kier alpha value is -6.46. The molecule has 268 valence electrons. The van der Waals surface area contributed by atoms with Gasteiger partial charge in [0.05, 0.1) is 30.8 Å². The second-order valence-electron chi connectivity index (χ2n) is 11.4. The molecule has 0 aliphatic heterocycles. The third kappa shape index (κ3) is 9.01. The predicted octanol–water partition coefficient (Wildman–Crippen LogP) is 5.77. The molecule has 0 fully saturated rings. The van der Waals surface area contributed by atoms with Crippen LogP contribution in [0.15, 0.2) is 84.9 Å². The number of carboxylic acids is 1. The number of hydrogen-bond acceptors (Lipinski definition) is 8. The maximum Gasteiger partial charge on any atom is 0.416 e. The molecule has 2 heterocycles. The number of primary amides is 1. The number of benzene rings is 4. The Bertz CT molecular complexity index is 2050. The molecule has 0 aliphatic rings. The van der Waals surface area contributed by atoms with E-state index in [1.807, 2.05) is 0 Å². The second-order valence-corrected chi connectivity index (χ2v) is 11.4. The van der Waals surface area contributed by atoms with E-state index in [9.17, 15) is 41.0 Å². The molecule has 0 unspecified atom stereocenters. The van der Waals surface area contributed by atoms with Gasteiger partial charge in [-0.3, -0.25) is 4.79 Å². The minimum absolute atomic E-state index is 0.0589. The largest absolute Gasteiger partial charge is 0.478 e. The SMILES string of the molecule is Cn1nnc(-c2cc(C(=O)O)ccc2Cc2ccc(C(F)(F)F)cc2)n1.Cn1nnc(-c2cc(C(N)=O)ccc2Cc2ccc(C(F)(F)F)cc2)n1. The number of carbonyl (C=O) groups is 2. The van der Waals surface area contributed by atoms with E-state index in [0.29, 0.717) is 46.5 Å². The second kappa shape index (κ2) is 14.8. The molecule has 12 nitrogen and oxygen atoms in total. The standard InChI is InChI=1S/C17H14F3N5O.C17H13F3N4O2/c1-25-23-16(22-24-25)14-9-12(15(21)26)5-4-11(14)8-10-2-6-13(7-3-10)17(18,19)20;1-24-22-15(21-23-24)14-9-12(16(25)26)5-4-11(14)8-10-2-6-13(7-3-10)17(18,19)20/h2-7,9H,8H2,1H3,(H2,21,26);2-7,9H,8H2,1H3,(H,25,26). The Balaban J connectivity index is 0.000000201. The van der Waals surface area contributed by atoms with Crippen molar-refractivity contribution in [1.82, 2.24) is 40.4 Å². The number of aromatic carboxylic acids is 1. The lowest BCUT2D eigenvalue weighted by Gasteiger charge is -2.10.